The summed E-state index contributed by atoms with van der Waals surface area (Å²) in [5, 5.41) is 3.48. The van der Waals surface area contributed by atoms with Crippen molar-refractivity contribution in [2.75, 3.05) is 0 Å². The third kappa shape index (κ3) is 5.09. The molecular weight excluding hydrogens is 398 g/mol. The molecule has 1 N–H and O–H groups in total. The maximum atomic E-state index is 12.9. The van der Waals surface area contributed by atoms with Crippen LogP contribution in [0.1, 0.15) is 64.2 Å². The Morgan fingerprint density at radius 3 is 2.35 bits per heavy atom. The van der Waals surface area contributed by atoms with Crippen molar-refractivity contribution >= 4 is 23.0 Å². The Balaban J connectivity index is 1.87. The Morgan fingerprint density at radius 1 is 1.10 bits per heavy atom. The predicted octanol–water partition coefficient (Wildman–Crippen LogP) is 4.43. The molecule has 0 bridgehead atoms. The number of esters is 1. The Hall–Kier alpha value is -2.83. The molecule has 0 unspecified atom stereocenters. The molecule has 0 spiro atoms. The molecular formula is C24H31NO6. The number of amides is 1. The number of aryl methyl sites for hydroxylation is 2. The Kier molecular flexibility index (Phi) is 6.43. The smallest absolute Gasteiger partial charge is 0.408 e. The van der Waals surface area contributed by atoms with Gasteiger partial charge in [0.2, 0.25) is 0 Å². The Morgan fingerprint density at radius 2 is 1.74 bits per heavy atom. The molecule has 0 saturated carbocycles. The number of carbonyl (C=O) groups excluding carboxylic acids is 2. The highest BCUT2D eigenvalue weighted by Crippen LogP contribution is 2.32. The van der Waals surface area contributed by atoms with Crippen molar-refractivity contribution in [2.24, 2.45) is 5.92 Å². The van der Waals surface area contributed by atoms with Crippen LogP contribution in [0.2, 0.25) is 0 Å². The summed E-state index contributed by atoms with van der Waals surface area (Å²) in [6.07, 6.45) is 2.91. The van der Waals surface area contributed by atoms with E-state index in [1.54, 1.807) is 33.8 Å². The largest absolute Gasteiger partial charge is 0.444 e. The minimum absolute atomic E-state index is 0.217. The van der Waals surface area contributed by atoms with Crippen molar-refractivity contribution in [2.45, 2.75) is 78.9 Å². The first-order valence-electron chi connectivity index (χ1n) is 10.8. The summed E-state index contributed by atoms with van der Waals surface area (Å²) in [5.74, 6) is -0.526. The van der Waals surface area contributed by atoms with E-state index in [-0.39, 0.29) is 11.5 Å². The van der Waals surface area contributed by atoms with E-state index in [2.05, 4.69) is 5.32 Å². The van der Waals surface area contributed by atoms with E-state index in [1.807, 2.05) is 19.9 Å². The molecule has 2 aromatic rings. The normalized spacial score (nSPS) is 14.8. The molecule has 3 rings (SSSR count). The molecule has 0 fully saturated rings. The van der Waals surface area contributed by atoms with Crippen LogP contribution in [0, 0.1) is 12.8 Å². The summed E-state index contributed by atoms with van der Waals surface area (Å²) in [7, 11) is 0. The monoisotopic (exact) mass is 429 g/mol. The van der Waals surface area contributed by atoms with E-state index >= 15 is 0 Å². The zero-order chi connectivity index (χ0) is 22.9. The Bertz CT molecular complexity index is 1060. The van der Waals surface area contributed by atoms with Gasteiger partial charge in [-0.3, -0.25) is 0 Å². The minimum Gasteiger partial charge on any atom is -0.444 e. The van der Waals surface area contributed by atoms with Gasteiger partial charge in [-0.2, -0.15) is 0 Å². The van der Waals surface area contributed by atoms with E-state index in [9.17, 15) is 14.4 Å². The van der Waals surface area contributed by atoms with Crippen molar-refractivity contribution in [3.05, 3.63) is 39.2 Å². The lowest BCUT2D eigenvalue weighted by Gasteiger charge is -2.25. The van der Waals surface area contributed by atoms with Crippen LogP contribution in [0.3, 0.4) is 0 Å². The van der Waals surface area contributed by atoms with Gasteiger partial charge >= 0.3 is 17.7 Å². The highest BCUT2D eigenvalue weighted by molar-refractivity contribution is 5.88. The summed E-state index contributed by atoms with van der Waals surface area (Å²) >= 11 is 0. The molecule has 0 saturated heterocycles. The van der Waals surface area contributed by atoms with Crippen LogP contribution in [0.4, 0.5) is 4.79 Å². The van der Waals surface area contributed by atoms with Crippen LogP contribution in [-0.4, -0.2) is 23.7 Å². The van der Waals surface area contributed by atoms with E-state index in [4.69, 9.17) is 13.9 Å². The molecule has 1 aromatic carbocycles. The van der Waals surface area contributed by atoms with Crippen LogP contribution in [0.15, 0.2) is 21.3 Å². The zero-order valence-electron chi connectivity index (χ0n) is 19.1. The van der Waals surface area contributed by atoms with Gasteiger partial charge in [-0.15, -0.1) is 0 Å². The molecule has 1 amide bonds. The summed E-state index contributed by atoms with van der Waals surface area (Å²) in [6, 6.07) is 2.67. The number of hydrogen-bond acceptors (Lipinski definition) is 6. The number of carbonyl (C=O) groups is 2. The van der Waals surface area contributed by atoms with Gasteiger partial charge in [-0.25, -0.2) is 14.4 Å². The average Bonchev–Trinajstić information content (AvgIpc) is 2.67. The standard InChI is InChI=1S/C24H31NO6/c1-13(2)19(25-23(28)31-24(4,5)6)22(27)29-18-12-11-16-15-9-7-8-10-17(15)21(26)30-20(16)14(18)3/h11-13,19H,7-10H2,1-6H3,(H,25,28)/t19-/m0/s1. The molecule has 7 nitrogen and oxygen atoms in total. The first-order valence-corrected chi connectivity index (χ1v) is 10.8. The summed E-state index contributed by atoms with van der Waals surface area (Å²) in [4.78, 5) is 37.5. The second-order valence-corrected chi connectivity index (χ2v) is 9.41. The lowest BCUT2D eigenvalue weighted by atomic mass is 9.90. The lowest BCUT2D eigenvalue weighted by molar-refractivity contribution is -0.138. The van der Waals surface area contributed by atoms with Crippen molar-refractivity contribution in [1.29, 1.82) is 0 Å². The molecule has 1 aliphatic rings. The number of fused-ring (bicyclic) bond motifs is 3. The molecule has 0 aliphatic heterocycles. The first-order chi connectivity index (χ1) is 14.5. The van der Waals surface area contributed by atoms with Crippen molar-refractivity contribution < 1.29 is 23.5 Å². The van der Waals surface area contributed by atoms with E-state index in [0.717, 1.165) is 42.2 Å². The van der Waals surface area contributed by atoms with Crippen LogP contribution in [0.25, 0.3) is 11.0 Å². The topological polar surface area (TPSA) is 94.8 Å². The molecule has 7 heteroatoms. The van der Waals surface area contributed by atoms with E-state index < -0.39 is 23.7 Å². The van der Waals surface area contributed by atoms with E-state index in [1.165, 1.54) is 0 Å². The van der Waals surface area contributed by atoms with Gasteiger partial charge in [0.15, 0.2) is 0 Å². The van der Waals surface area contributed by atoms with Gasteiger partial charge < -0.3 is 19.2 Å². The molecule has 1 atom stereocenters. The third-order valence-electron chi connectivity index (χ3n) is 5.39. The molecule has 0 radical (unpaired) electrons. The van der Waals surface area contributed by atoms with Gasteiger partial charge in [-0.1, -0.05) is 13.8 Å². The van der Waals surface area contributed by atoms with Crippen molar-refractivity contribution in [3.63, 3.8) is 0 Å². The minimum atomic E-state index is -0.888. The van der Waals surface area contributed by atoms with Crippen molar-refractivity contribution in [3.8, 4) is 5.75 Å². The summed E-state index contributed by atoms with van der Waals surface area (Å²) in [6.45, 7) is 10.6. The van der Waals surface area contributed by atoms with Crippen LogP contribution in [-0.2, 0) is 22.4 Å². The van der Waals surface area contributed by atoms with Gasteiger partial charge in [-0.05, 0) is 77.0 Å². The molecule has 1 heterocycles. The first kappa shape index (κ1) is 22.8. The van der Waals surface area contributed by atoms with Crippen molar-refractivity contribution in [1.82, 2.24) is 5.32 Å². The molecule has 1 aliphatic carbocycles. The van der Waals surface area contributed by atoms with Gasteiger partial charge in [0.1, 0.15) is 23.0 Å². The third-order valence-corrected chi connectivity index (χ3v) is 5.39. The fourth-order valence-corrected chi connectivity index (χ4v) is 3.84. The second kappa shape index (κ2) is 8.73. The fraction of sp³-hybridized carbons (Fsp3) is 0.542. The van der Waals surface area contributed by atoms with Gasteiger partial charge in [0.25, 0.3) is 0 Å². The molecule has 168 valence electrons. The highest BCUT2D eigenvalue weighted by atomic mass is 16.6. The molecule has 1 aromatic heterocycles. The summed E-state index contributed by atoms with van der Waals surface area (Å²) in [5.41, 5.74) is 1.81. The lowest BCUT2D eigenvalue weighted by Crippen LogP contribution is -2.48. The van der Waals surface area contributed by atoms with Crippen LogP contribution >= 0.6 is 0 Å². The van der Waals surface area contributed by atoms with Gasteiger partial charge in [0.05, 0.1) is 0 Å². The number of benzene rings is 1. The fourth-order valence-electron chi connectivity index (χ4n) is 3.84. The Labute approximate surface area is 182 Å². The highest BCUT2D eigenvalue weighted by Gasteiger charge is 2.29. The quantitative estimate of drug-likeness (QED) is 0.439. The zero-order valence-corrected chi connectivity index (χ0v) is 19.1. The number of hydrogen-bond donors (Lipinski definition) is 1. The SMILES string of the molecule is Cc1c(OC(=O)[C@@H](NC(=O)OC(C)(C)C)C(C)C)ccc2c3c(c(=O)oc12)CCCC3. The predicted molar refractivity (Wildman–Crippen MR) is 117 cm³/mol. The number of alkyl carbamates (subject to hydrolysis) is 1. The maximum Gasteiger partial charge on any atom is 0.408 e. The summed E-state index contributed by atoms with van der Waals surface area (Å²) < 4.78 is 16.5. The number of nitrogens with one attached hydrogen (secondary N) is 1. The molecule has 31 heavy (non-hydrogen) atoms. The number of rotatable bonds is 4. The van der Waals surface area contributed by atoms with Gasteiger partial charge in [0, 0.05) is 16.5 Å². The van der Waals surface area contributed by atoms with Crippen LogP contribution < -0.4 is 15.7 Å². The van der Waals surface area contributed by atoms with Crippen LogP contribution in [0.5, 0.6) is 5.75 Å². The average molecular weight is 430 g/mol. The second-order valence-electron chi connectivity index (χ2n) is 9.41. The number of ether oxygens (including phenoxy) is 2. The van der Waals surface area contributed by atoms with E-state index in [0.29, 0.717) is 16.9 Å². The maximum absolute atomic E-state index is 12.9.